The number of H-pyrrole nitrogens is 1. The fraction of sp³-hybridized carbons (Fsp3) is 0.312. The van der Waals surface area contributed by atoms with Gasteiger partial charge in [-0.1, -0.05) is 36.4 Å². The van der Waals surface area contributed by atoms with Crippen LogP contribution in [0.15, 0.2) is 79.1 Å². The lowest BCUT2D eigenvalue weighted by Gasteiger charge is -2.16. The molecule has 3 N–H and O–H groups in total. The summed E-state index contributed by atoms with van der Waals surface area (Å²) < 4.78 is 19.3. The van der Waals surface area contributed by atoms with Crippen molar-refractivity contribution < 1.29 is 24.4 Å². The molecule has 9 nitrogen and oxygen atoms in total. The summed E-state index contributed by atoms with van der Waals surface area (Å²) in [6, 6.07) is 22.5. The van der Waals surface area contributed by atoms with Crippen molar-refractivity contribution in [3.05, 3.63) is 84.7 Å². The summed E-state index contributed by atoms with van der Waals surface area (Å²) >= 11 is 0. The van der Waals surface area contributed by atoms with Crippen LogP contribution >= 0.6 is 0 Å². The van der Waals surface area contributed by atoms with Crippen LogP contribution in [0.5, 0.6) is 5.88 Å². The van der Waals surface area contributed by atoms with E-state index in [0.29, 0.717) is 18.9 Å². The maximum atomic E-state index is 10.1. The molecule has 0 bridgehead atoms. The van der Waals surface area contributed by atoms with Gasteiger partial charge < -0.3 is 29.4 Å². The van der Waals surface area contributed by atoms with Crippen molar-refractivity contribution in [3.63, 3.8) is 0 Å². The van der Waals surface area contributed by atoms with Gasteiger partial charge in [-0.3, -0.25) is 0 Å². The summed E-state index contributed by atoms with van der Waals surface area (Å²) in [5.74, 6) is 0.603. The van der Waals surface area contributed by atoms with Crippen molar-refractivity contribution in [2.45, 2.75) is 50.3 Å². The number of pyridine rings is 1. The first-order valence-electron chi connectivity index (χ1n) is 13.8. The molecule has 4 atom stereocenters. The lowest BCUT2D eigenvalue weighted by molar-refractivity contribution is 0.00794. The number of aliphatic hydroxyl groups excluding tert-OH is 1. The highest BCUT2D eigenvalue weighted by molar-refractivity contribution is 5.81. The third-order valence-electron chi connectivity index (χ3n) is 7.63. The third-order valence-corrected chi connectivity index (χ3v) is 7.63. The predicted octanol–water partition coefficient (Wildman–Crippen LogP) is 4.30. The van der Waals surface area contributed by atoms with Gasteiger partial charge >= 0.3 is 0 Å². The van der Waals surface area contributed by atoms with Crippen molar-refractivity contribution >= 4 is 11.0 Å². The molecule has 2 aliphatic rings. The predicted molar refractivity (Wildman–Crippen MR) is 154 cm³/mol. The summed E-state index contributed by atoms with van der Waals surface area (Å²) in [4.78, 5) is 8.13. The quantitative estimate of drug-likeness (QED) is 0.276. The summed E-state index contributed by atoms with van der Waals surface area (Å²) in [5, 5.41) is 24.5. The summed E-state index contributed by atoms with van der Waals surface area (Å²) in [6.45, 7) is 4.24. The zero-order valence-electron chi connectivity index (χ0n) is 22.9. The van der Waals surface area contributed by atoms with Crippen LogP contribution in [0.2, 0.25) is 0 Å². The van der Waals surface area contributed by atoms with Crippen LogP contribution < -0.4 is 4.74 Å². The van der Waals surface area contributed by atoms with Gasteiger partial charge in [-0.2, -0.15) is 5.10 Å². The Balaban J connectivity index is 1.04. The Labute approximate surface area is 237 Å². The Hall–Kier alpha value is -4.02. The molecule has 210 valence electrons. The number of nitrogens with one attached hydrogen (secondary N) is 1. The fourth-order valence-electron chi connectivity index (χ4n) is 5.65. The average molecular weight is 553 g/mol. The first kappa shape index (κ1) is 25.9. The molecule has 0 radical (unpaired) electrons. The number of benzene rings is 2. The molecule has 2 fully saturated rings. The van der Waals surface area contributed by atoms with Gasteiger partial charge in [-0.05, 0) is 54.8 Å². The Kier molecular flexibility index (Phi) is 6.39. The molecule has 2 unspecified atom stereocenters. The molecule has 2 saturated heterocycles. The molecule has 7 rings (SSSR count). The fourth-order valence-corrected chi connectivity index (χ4v) is 5.65. The van der Waals surface area contributed by atoms with Gasteiger partial charge in [0.25, 0.3) is 0 Å². The SMILES string of the molecule is CC(C)(O)Cc1cnn(-c2ccc(-c3ccc(-c4ccc5[nH]c(O[C@@H]6COC7C6OC[C@H]7O)cc5n4)cc3)cc2)c1. The molecule has 5 aromatic rings. The zero-order valence-corrected chi connectivity index (χ0v) is 22.9. The summed E-state index contributed by atoms with van der Waals surface area (Å²) in [5.41, 5.74) is 6.99. The van der Waals surface area contributed by atoms with E-state index in [9.17, 15) is 10.2 Å². The maximum Gasteiger partial charge on any atom is 0.193 e. The highest BCUT2D eigenvalue weighted by atomic mass is 16.6. The van der Waals surface area contributed by atoms with Crippen LogP contribution in [-0.4, -0.2) is 73.2 Å². The first-order valence-corrected chi connectivity index (χ1v) is 13.8. The molecular weight excluding hydrogens is 520 g/mol. The number of aliphatic hydroxyl groups is 2. The van der Waals surface area contributed by atoms with Crippen molar-refractivity contribution in [1.82, 2.24) is 19.7 Å². The minimum absolute atomic E-state index is 0.266. The zero-order chi connectivity index (χ0) is 28.1. The van der Waals surface area contributed by atoms with E-state index >= 15 is 0 Å². The van der Waals surface area contributed by atoms with Gasteiger partial charge in [-0.15, -0.1) is 0 Å². The number of aromatic nitrogens is 4. The van der Waals surface area contributed by atoms with Crippen molar-refractivity contribution in [2.24, 2.45) is 0 Å². The number of rotatable bonds is 7. The third kappa shape index (κ3) is 5.25. The van der Waals surface area contributed by atoms with E-state index in [1.165, 1.54) is 0 Å². The highest BCUT2D eigenvalue weighted by Gasteiger charge is 2.48. The second kappa shape index (κ2) is 10.1. The Morgan fingerprint density at radius 1 is 0.951 bits per heavy atom. The second-order valence-corrected chi connectivity index (χ2v) is 11.5. The van der Waals surface area contributed by atoms with E-state index in [1.807, 2.05) is 41.2 Å². The summed E-state index contributed by atoms with van der Waals surface area (Å²) in [7, 11) is 0. The minimum Gasteiger partial charge on any atom is -0.470 e. The van der Waals surface area contributed by atoms with Crippen LogP contribution in [0, 0.1) is 0 Å². The molecule has 2 aliphatic heterocycles. The van der Waals surface area contributed by atoms with E-state index in [1.54, 1.807) is 20.0 Å². The van der Waals surface area contributed by atoms with Crippen molar-refractivity contribution in [3.8, 4) is 34.0 Å². The number of hydrogen-bond acceptors (Lipinski definition) is 7. The smallest absolute Gasteiger partial charge is 0.193 e. The highest BCUT2D eigenvalue weighted by Crippen LogP contribution is 2.32. The van der Waals surface area contributed by atoms with Crippen LogP contribution in [0.3, 0.4) is 0 Å². The van der Waals surface area contributed by atoms with Gasteiger partial charge in [-0.25, -0.2) is 9.67 Å². The number of aromatic amines is 1. The minimum atomic E-state index is -0.768. The van der Waals surface area contributed by atoms with Crippen molar-refractivity contribution in [2.75, 3.05) is 13.2 Å². The van der Waals surface area contributed by atoms with Gasteiger partial charge in [0.1, 0.15) is 18.3 Å². The molecule has 0 spiro atoms. The average Bonchev–Trinajstić information content (AvgIpc) is 3.74. The van der Waals surface area contributed by atoms with Crippen molar-refractivity contribution in [1.29, 1.82) is 0 Å². The second-order valence-electron chi connectivity index (χ2n) is 11.5. The number of ether oxygens (including phenoxy) is 3. The van der Waals surface area contributed by atoms with E-state index in [-0.39, 0.29) is 24.9 Å². The molecular formula is C32H32N4O5. The van der Waals surface area contributed by atoms with Crippen LogP contribution in [0.25, 0.3) is 39.1 Å². The molecule has 0 saturated carbocycles. The molecule has 2 aromatic carbocycles. The Bertz CT molecular complexity index is 1670. The topological polar surface area (TPSA) is 115 Å². The van der Waals surface area contributed by atoms with Gasteiger partial charge in [0.2, 0.25) is 0 Å². The molecule has 0 aliphatic carbocycles. The number of fused-ring (bicyclic) bond motifs is 2. The number of nitrogens with zero attached hydrogens (tertiary/aromatic N) is 3. The maximum absolute atomic E-state index is 10.1. The lowest BCUT2D eigenvalue weighted by Crippen LogP contribution is -2.34. The normalized spacial score (nSPS) is 22.3. The monoisotopic (exact) mass is 552 g/mol. The first-order chi connectivity index (χ1) is 19.8. The Morgan fingerprint density at radius 2 is 1.66 bits per heavy atom. The molecule has 5 heterocycles. The van der Waals surface area contributed by atoms with Gasteiger partial charge in [0, 0.05) is 24.2 Å². The van der Waals surface area contributed by atoms with Crippen LogP contribution in [0.4, 0.5) is 0 Å². The molecule has 9 heteroatoms. The van der Waals surface area contributed by atoms with Gasteiger partial charge in [0.05, 0.1) is 47.4 Å². The van der Waals surface area contributed by atoms with E-state index in [2.05, 4.69) is 46.5 Å². The molecule has 3 aromatic heterocycles. The molecule has 0 amide bonds. The molecule has 41 heavy (non-hydrogen) atoms. The van der Waals surface area contributed by atoms with E-state index in [0.717, 1.165) is 44.7 Å². The lowest BCUT2D eigenvalue weighted by atomic mass is 10.0. The van der Waals surface area contributed by atoms with E-state index in [4.69, 9.17) is 19.2 Å². The largest absolute Gasteiger partial charge is 0.470 e. The van der Waals surface area contributed by atoms with Crippen LogP contribution in [0.1, 0.15) is 19.4 Å². The standard InChI is InChI=1S/C32H32N4O5/c1-32(2,38)14-19-15-33-36(16-19)23-9-7-21(8-10-23)20-3-5-22(6-4-20)24-11-12-25-26(34-24)13-29(35-25)41-28-18-40-30-27(37)17-39-31(28)30/h3-13,15-16,27-28,30-31,35,37-38H,14,17-18H2,1-2H3/t27-,28-,30?,31?/m1/s1. The summed E-state index contributed by atoms with van der Waals surface area (Å²) in [6.07, 6.45) is 2.83. The van der Waals surface area contributed by atoms with Crippen LogP contribution in [-0.2, 0) is 15.9 Å². The van der Waals surface area contributed by atoms with Gasteiger partial charge in [0.15, 0.2) is 12.0 Å². The number of hydrogen-bond donors (Lipinski definition) is 3. The van der Waals surface area contributed by atoms with E-state index < -0.39 is 11.7 Å². The Morgan fingerprint density at radius 3 is 2.41 bits per heavy atom.